The second-order valence-corrected chi connectivity index (χ2v) is 5.35. The maximum absolute atomic E-state index is 12.1. The lowest BCUT2D eigenvalue weighted by atomic mass is 10.1. The van der Waals surface area contributed by atoms with Crippen molar-refractivity contribution in [3.63, 3.8) is 0 Å². The fourth-order valence-electron chi connectivity index (χ4n) is 2.26. The lowest BCUT2D eigenvalue weighted by molar-refractivity contribution is -0.142. The van der Waals surface area contributed by atoms with E-state index in [0.29, 0.717) is 17.1 Å². The third kappa shape index (κ3) is 4.32. The quantitative estimate of drug-likeness (QED) is 0.440. The summed E-state index contributed by atoms with van der Waals surface area (Å²) in [5.41, 5.74) is 2.98. The van der Waals surface area contributed by atoms with Gasteiger partial charge in [0.15, 0.2) is 0 Å². The molecular formula is C19H16N2O4. The Hall–Kier alpha value is -3.41. The van der Waals surface area contributed by atoms with E-state index in [9.17, 15) is 9.59 Å². The first-order chi connectivity index (χ1) is 12.1. The molecule has 0 atom stereocenters. The molecule has 0 unspecified atom stereocenters. The summed E-state index contributed by atoms with van der Waals surface area (Å²) in [5, 5.41) is 5.93. The van der Waals surface area contributed by atoms with E-state index in [0.717, 1.165) is 10.8 Å². The topological polar surface area (TPSA) is 80.9 Å². The van der Waals surface area contributed by atoms with Gasteiger partial charge in [0.1, 0.15) is 18.1 Å². The van der Waals surface area contributed by atoms with Gasteiger partial charge in [0.05, 0.1) is 6.21 Å². The average Bonchev–Trinajstić information content (AvgIpc) is 3.07. The molecule has 126 valence electrons. The minimum absolute atomic E-state index is 0.0621. The molecule has 6 heteroatoms. The molecule has 0 saturated heterocycles. The fourth-order valence-corrected chi connectivity index (χ4v) is 2.26. The largest absolute Gasteiger partial charge is 0.458 e. The summed E-state index contributed by atoms with van der Waals surface area (Å²) in [6.07, 6.45) is 1.39. The summed E-state index contributed by atoms with van der Waals surface area (Å²) in [4.78, 5) is 22.9. The normalized spacial score (nSPS) is 10.9. The third-order valence-electron chi connectivity index (χ3n) is 3.47. The second-order valence-electron chi connectivity index (χ2n) is 5.35. The van der Waals surface area contributed by atoms with E-state index in [4.69, 9.17) is 9.15 Å². The molecule has 3 rings (SSSR count). The lowest BCUT2D eigenvalue weighted by Gasteiger charge is -2.02. The molecule has 6 nitrogen and oxygen atoms in total. The van der Waals surface area contributed by atoms with Gasteiger partial charge in [0.25, 0.3) is 5.91 Å². The molecule has 0 aliphatic carbocycles. The molecule has 3 aromatic rings. The van der Waals surface area contributed by atoms with Gasteiger partial charge in [-0.15, -0.1) is 0 Å². The van der Waals surface area contributed by atoms with E-state index in [-0.39, 0.29) is 18.5 Å². The van der Waals surface area contributed by atoms with Crippen molar-refractivity contribution in [2.45, 2.75) is 13.5 Å². The van der Waals surface area contributed by atoms with Crippen molar-refractivity contribution >= 4 is 28.9 Å². The zero-order valence-electron chi connectivity index (χ0n) is 13.6. The van der Waals surface area contributed by atoms with E-state index in [1.807, 2.05) is 36.4 Å². The lowest BCUT2D eigenvalue weighted by Crippen LogP contribution is -2.17. The molecule has 1 aromatic heterocycles. The Bertz CT molecular complexity index is 943. The van der Waals surface area contributed by atoms with Gasteiger partial charge in [0, 0.05) is 12.5 Å². The first-order valence-electron chi connectivity index (χ1n) is 7.66. The van der Waals surface area contributed by atoms with Crippen molar-refractivity contribution in [1.29, 1.82) is 0 Å². The van der Waals surface area contributed by atoms with Gasteiger partial charge >= 0.3 is 5.97 Å². The number of hydrazone groups is 1. The van der Waals surface area contributed by atoms with Crippen LogP contribution in [0, 0.1) is 0 Å². The fraction of sp³-hybridized carbons (Fsp3) is 0.105. The minimum Gasteiger partial charge on any atom is -0.458 e. The summed E-state index contributed by atoms with van der Waals surface area (Å²) in [6.45, 7) is 1.39. The van der Waals surface area contributed by atoms with E-state index < -0.39 is 0 Å². The predicted molar refractivity (Wildman–Crippen MR) is 93.2 cm³/mol. The van der Waals surface area contributed by atoms with Crippen LogP contribution in [0.5, 0.6) is 0 Å². The highest BCUT2D eigenvalue weighted by Crippen LogP contribution is 2.15. The number of esters is 1. The van der Waals surface area contributed by atoms with Crippen LogP contribution in [0.4, 0.5) is 0 Å². The molecule has 1 heterocycles. The van der Waals surface area contributed by atoms with E-state index in [1.165, 1.54) is 13.1 Å². The maximum atomic E-state index is 12.1. The second kappa shape index (κ2) is 7.44. The summed E-state index contributed by atoms with van der Waals surface area (Å²) in [6, 6.07) is 16.6. The van der Waals surface area contributed by atoms with Gasteiger partial charge < -0.3 is 9.15 Å². The Kier molecular flexibility index (Phi) is 4.89. The third-order valence-corrected chi connectivity index (χ3v) is 3.47. The number of furan rings is 1. The number of amides is 1. The van der Waals surface area contributed by atoms with Crippen LogP contribution in [0.15, 0.2) is 64.1 Å². The molecule has 25 heavy (non-hydrogen) atoms. The Morgan fingerprint density at radius 3 is 2.72 bits per heavy atom. The van der Waals surface area contributed by atoms with E-state index >= 15 is 0 Å². The van der Waals surface area contributed by atoms with Crippen LogP contribution in [-0.2, 0) is 16.1 Å². The van der Waals surface area contributed by atoms with Crippen LogP contribution >= 0.6 is 0 Å². The van der Waals surface area contributed by atoms with Gasteiger partial charge in [0.2, 0.25) is 0 Å². The summed E-state index contributed by atoms with van der Waals surface area (Å²) in [5.74, 6) is 0.251. The monoisotopic (exact) mass is 336 g/mol. The molecule has 0 bridgehead atoms. The molecule has 1 amide bonds. The number of nitrogens with one attached hydrogen (secondary N) is 1. The first kappa shape index (κ1) is 16.4. The number of fused-ring (bicyclic) bond motifs is 1. The Morgan fingerprint density at radius 1 is 1.12 bits per heavy atom. The summed E-state index contributed by atoms with van der Waals surface area (Å²) >= 11 is 0. The molecule has 0 aliphatic heterocycles. The van der Waals surface area contributed by atoms with Gasteiger partial charge in [-0.1, -0.05) is 30.3 Å². The Balaban J connectivity index is 1.61. The number of carbonyl (C=O) groups is 2. The van der Waals surface area contributed by atoms with E-state index in [2.05, 4.69) is 10.5 Å². The van der Waals surface area contributed by atoms with Gasteiger partial charge in [-0.05, 0) is 35.0 Å². The minimum atomic E-state index is -0.380. The number of hydrogen-bond acceptors (Lipinski definition) is 5. The van der Waals surface area contributed by atoms with Crippen LogP contribution in [0.3, 0.4) is 0 Å². The first-order valence-corrected chi connectivity index (χ1v) is 7.66. The van der Waals surface area contributed by atoms with Crippen LogP contribution in [0.2, 0.25) is 0 Å². The van der Waals surface area contributed by atoms with Gasteiger partial charge in [-0.25, -0.2) is 5.43 Å². The van der Waals surface area contributed by atoms with Gasteiger partial charge in [-0.3, -0.25) is 9.59 Å². The van der Waals surface area contributed by atoms with Crippen molar-refractivity contribution in [2.75, 3.05) is 0 Å². The molecule has 0 saturated carbocycles. The van der Waals surface area contributed by atoms with Crippen molar-refractivity contribution in [3.05, 3.63) is 71.7 Å². The Labute approximate surface area is 144 Å². The van der Waals surface area contributed by atoms with Crippen molar-refractivity contribution < 1.29 is 18.7 Å². The zero-order valence-corrected chi connectivity index (χ0v) is 13.6. The number of carbonyl (C=O) groups excluding carboxylic acids is 2. The number of hydrogen-bond donors (Lipinski definition) is 1. The van der Waals surface area contributed by atoms with Gasteiger partial charge in [-0.2, -0.15) is 5.10 Å². The predicted octanol–water partition coefficient (Wildman–Crippen LogP) is 3.26. The molecular weight excluding hydrogens is 320 g/mol. The van der Waals surface area contributed by atoms with Crippen molar-refractivity contribution in [2.24, 2.45) is 5.10 Å². The molecule has 2 aromatic carbocycles. The SMILES string of the molecule is CC(=O)OCc1ccc(/C=N/NC(=O)c2ccc3ccccc3c2)o1. The zero-order chi connectivity index (χ0) is 17.6. The van der Waals surface area contributed by atoms with Crippen molar-refractivity contribution in [1.82, 2.24) is 5.43 Å². The number of rotatable bonds is 5. The number of benzene rings is 2. The van der Waals surface area contributed by atoms with Crippen LogP contribution < -0.4 is 5.43 Å². The number of ether oxygens (including phenoxy) is 1. The average molecular weight is 336 g/mol. The van der Waals surface area contributed by atoms with Crippen LogP contribution in [-0.4, -0.2) is 18.1 Å². The summed E-state index contributed by atoms with van der Waals surface area (Å²) in [7, 11) is 0. The molecule has 0 fully saturated rings. The molecule has 0 radical (unpaired) electrons. The van der Waals surface area contributed by atoms with Crippen LogP contribution in [0.25, 0.3) is 10.8 Å². The maximum Gasteiger partial charge on any atom is 0.303 e. The highest BCUT2D eigenvalue weighted by atomic mass is 16.5. The number of nitrogens with zero attached hydrogens (tertiary/aromatic N) is 1. The smallest absolute Gasteiger partial charge is 0.303 e. The molecule has 0 spiro atoms. The molecule has 0 aliphatic rings. The van der Waals surface area contributed by atoms with Crippen molar-refractivity contribution in [3.8, 4) is 0 Å². The Morgan fingerprint density at radius 2 is 1.92 bits per heavy atom. The summed E-state index contributed by atoms with van der Waals surface area (Å²) < 4.78 is 10.2. The van der Waals surface area contributed by atoms with Crippen LogP contribution in [0.1, 0.15) is 28.8 Å². The highest BCUT2D eigenvalue weighted by Gasteiger charge is 2.06. The highest BCUT2D eigenvalue weighted by molar-refractivity contribution is 5.98. The van der Waals surface area contributed by atoms with E-state index in [1.54, 1.807) is 18.2 Å². The molecule has 1 N–H and O–H groups in total. The standard InChI is InChI=1S/C19H16N2O4/c1-13(22)24-12-18-9-8-17(25-18)11-20-21-19(23)16-7-6-14-4-2-3-5-15(14)10-16/h2-11H,12H2,1H3,(H,21,23)/b20-11+.